The predicted octanol–water partition coefficient (Wildman–Crippen LogP) is 3.16. The number of imidazole rings is 1. The zero-order chi connectivity index (χ0) is 19.7. The number of halogens is 1. The number of carbonyl (C=O) groups is 2. The summed E-state index contributed by atoms with van der Waals surface area (Å²) in [4.78, 5) is 32.4. The van der Waals surface area contributed by atoms with Crippen molar-refractivity contribution >= 4 is 23.4 Å². The molecule has 2 aromatic rings. The molecule has 148 valence electrons. The highest BCUT2D eigenvalue weighted by Gasteiger charge is 2.47. The van der Waals surface area contributed by atoms with Crippen molar-refractivity contribution in [2.24, 2.45) is 13.0 Å². The van der Waals surface area contributed by atoms with Crippen molar-refractivity contribution in [3.63, 3.8) is 0 Å². The van der Waals surface area contributed by atoms with E-state index in [1.165, 1.54) is 6.42 Å². The molecular weight excluding hydrogens is 376 g/mol. The maximum absolute atomic E-state index is 13.3. The fourth-order valence-corrected chi connectivity index (χ4v) is 4.80. The van der Waals surface area contributed by atoms with E-state index < -0.39 is 6.04 Å². The molecule has 0 spiro atoms. The van der Waals surface area contributed by atoms with Gasteiger partial charge in [-0.25, -0.2) is 4.98 Å². The molecule has 2 heterocycles. The summed E-state index contributed by atoms with van der Waals surface area (Å²) in [6, 6.07) is 6.67. The second kappa shape index (κ2) is 7.95. The van der Waals surface area contributed by atoms with Crippen molar-refractivity contribution in [1.82, 2.24) is 19.8 Å². The Morgan fingerprint density at radius 2 is 2.11 bits per heavy atom. The zero-order valence-electron chi connectivity index (χ0n) is 16.0. The summed E-state index contributed by atoms with van der Waals surface area (Å²) < 4.78 is 1.88. The Kier molecular flexibility index (Phi) is 5.40. The van der Waals surface area contributed by atoms with E-state index in [0.29, 0.717) is 23.0 Å². The van der Waals surface area contributed by atoms with Crippen LogP contribution in [0.5, 0.6) is 0 Å². The third-order valence-electron chi connectivity index (χ3n) is 6.04. The molecule has 2 aliphatic rings. The minimum Gasteiger partial charge on any atom is -0.347 e. The summed E-state index contributed by atoms with van der Waals surface area (Å²) in [6.45, 7) is 0.355. The van der Waals surface area contributed by atoms with Gasteiger partial charge < -0.3 is 14.8 Å². The number of rotatable bonds is 4. The van der Waals surface area contributed by atoms with Crippen LogP contribution in [0.4, 0.5) is 0 Å². The molecule has 0 bridgehead atoms. The maximum Gasteiger partial charge on any atom is 0.254 e. The monoisotopic (exact) mass is 400 g/mol. The van der Waals surface area contributed by atoms with Gasteiger partial charge >= 0.3 is 0 Å². The van der Waals surface area contributed by atoms with Gasteiger partial charge in [-0.3, -0.25) is 9.59 Å². The van der Waals surface area contributed by atoms with E-state index in [1.807, 2.05) is 22.7 Å². The molecule has 28 heavy (non-hydrogen) atoms. The van der Waals surface area contributed by atoms with Gasteiger partial charge in [0, 0.05) is 36.1 Å². The Labute approximate surface area is 169 Å². The van der Waals surface area contributed by atoms with E-state index in [9.17, 15) is 9.59 Å². The van der Waals surface area contributed by atoms with Gasteiger partial charge in [-0.1, -0.05) is 30.5 Å². The summed E-state index contributed by atoms with van der Waals surface area (Å²) in [7, 11) is 1.90. The van der Waals surface area contributed by atoms with E-state index in [1.54, 1.807) is 30.5 Å². The molecule has 1 aromatic heterocycles. The van der Waals surface area contributed by atoms with E-state index in [-0.39, 0.29) is 17.9 Å². The first-order chi connectivity index (χ1) is 13.5. The number of fused-ring (bicyclic) bond motifs is 1. The molecule has 3 unspecified atom stereocenters. The summed E-state index contributed by atoms with van der Waals surface area (Å²) >= 11 is 6.09. The third-order valence-corrected chi connectivity index (χ3v) is 6.27. The Morgan fingerprint density at radius 3 is 2.86 bits per heavy atom. The lowest BCUT2D eigenvalue weighted by Crippen LogP contribution is -2.49. The number of likely N-dealkylation sites (tertiary alicyclic amines) is 1. The number of aryl methyl sites for hydroxylation is 1. The van der Waals surface area contributed by atoms with Gasteiger partial charge in [0.05, 0.1) is 6.54 Å². The standard InChI is InChI=1S/C21H25ClN4O2/c1-25-10-9-23-19(25)13-24-20(27)18-12-14-5-2-3-8-17(14)26(18)21(28)15-6-4-7-16(22)11-15/h4,6-7,9-11,14,17-18H,2-3,5,8,12-13H2,1H3,(H,24,27). The van der Waals surface area contributed by atoms with Gasteiger partial charge in [-0.15, -0.1) is 0 Å². The maximum atomic E-state index is 13.3. The predicted molar refractivity (Wildman–Crippen MR) is 107 cm³/mol. The molecule has 3 atom stereocenters. The van der Waals surface area contributed by atoms with E-state index >= 15 is 0 Å². The van der Waals surface area contributed by atoms with Gasteiger partial charge in [0.15, 0.2) is 0 Å². The van der Waals surface area contributed by atoms with Crippen LogP contribution in [0.1, 0.15) is 48.3 Å². The van der Waals surface area contributed by atoms with Gasteiger partial charge in [0.1, 0.15) is 11.9 Å². The smallest absolute Gasteiger partial charge is 0.254 e. The zero-order valence-corrected chi connectivity index (χ0v) is 16.7. The SMILES string of the molecule is Cn1ccnc1CNC(=O)C1CC2CCCCC2N1C(=O)c1cccc(Cl)c1. The highest BCUT2D eigenvalue weighted by Crippen LogP contribution is 2.40. The van der Waals surface area contributed by atoms with Gasteiger partial charge in [0.25, 0.3) is 5.91 Å². The van der Waals surface area contributed by atoms with Gasteiger partial charge in [-0.2, -0.15) is 0 Å². The van der Waals surface area contributed by atoms with Crippen LogP contribution in [0.2, 0.25) is 5.02 Å². The van der Waals surface area contributed by atoms with Crippen LogP contribution < -0.4 is 5.32 Å². The number of benzene rings is 1. The first-order valence-electron chi connectivity index (χ1n) is 9.86. The lowest BCUT2D eigenvalue weighted by molar-refractivity contribution is -0.125. The van der Waals surface area contributed by atoms with E-state index in [0.717, 1.165) is 31.5 Å². The number of hydrogen-bond acceptors (Lipinski definition) is 3. The number of carbonyl (C=O) groups excluding carboxylic acids is 2. The van der Waals surface area contributed by atoms with Crippen molar-refractivity contribution in [3.05, 3.63) is 53.1 Å². The molecule has 2 fully saturated rings. The quantitative estimate of drug-likeness (QED) is 0.857. The van der Waals surface area contributed by atoms with Crippen LogP contribution >= 0.6 is 11.6 Å². The van der Waals surface area contributed by atoms with Crippen LogP contribution in [0.3, 0.4) is 0 Å². The van der Waals surface area contributed by atoms with Crippen LogP contribution in [-0.4, -0.2) is 38.3 Å². The molecule has 1 aliphatic carbocycles. The number of amides is 2. The van der Waals surface area contributed by atoms with E-state index in [2.05, 4.69) is 10.3 Å². The van der Waals surface area contributed by atoms with Crippen molar-refractivity contribution in [2.75, 3.05) is 0 Å². The fraction of sp³-hybridized carbons (Fsp3) is 0.476. The summed E-state index contributed by atoms with van der Waals surface area (Å²) in [5, 5.41) is 3.51. The molecule has 0 radical (unpaired) electrons. The molecule has 6 nitrogen and oxygen atoms in total. The second-order valence-corrected chi connectivity index (χ2v) is 8.19. The van der Waals surface area contributed by atoms with Crippen molar-refractivity contribution in [1.29, 1.82) is 0 Å². The van der Waals surface area contributed by atoms with Crippen molar-refractivity contribution in [2.45, 2.75) is 50.7 Å². The van der Waals surface area contributed by atoms with E-state index in [4.69, 9.17) is 11.6 Å². The number of nitrogens with zero attached hydrogens (tertiary/aromatic N) is 3. The molecule has 1 aromatic carbocycles. The Hall–Kier alpha value is -2.34. The number of hydrogen-bond donors (Lipinski definition) is 1. The highest BCUT2D eigenvalue weighted by atomic mass is 35.5. The molecule has 1 saturated heterocycles. The summed E-state index contributed by atoms with van der Waals surface area (Å²) in [5.41, 5.74) is 0.542. The van der Waals surface area contributed by atoms with Crippen LogP contribution in [0.15, 0.2) is 36.7 Å². The van der Waals surface area contributed by atoms with Crippen molar-refractivity contribution < 1.29 is 9.59 Å². The Balaban J connectivity index is 1.56. The lowest BCUT2D eigenvalue weighted by atomic mass is 9.84. The molecular formula is C21H25ClN4O2. The second-order valence-electron chi connectivity index (χ2n) is 7.76. The molecule has 2 amide bonds. The minimum atomic E-state index is -0.445. The van der Waals surface area contributed by atoms with Crippen LogP contribution in [0, 0.1) is 5.92 Å². The topological polar surface area (TPSA) is 67.2 Å². The first-order valence-corrected chi connectivity index (χ1v) is 10.2. The molecule has 4 rings (SSSR count). The normalized spacial score (nSPS) is 24.1. The number of aromatic nitrogens is 2. The van der Waals surface area contributed by atoms with Crippen molar-refractivity contribution in [3.8, 4) is 0 Å². The Morgan fingerprint density at radius 1 is 1.29 bits per heavy atom. The van der Waals surface area contributed by atoms with Crippen LogP contribution in [-0.2, 0) is 18.4 Å². The lowest BCUT2D eigenvalue weighted by Gasteiger charge is -2.33. The van der Waals surface area contributed by atoms with Gasteiger partial charge in [0.2, 0.25) is 5.91 Å². The summed E-state index contributed by atoms with van der Waals surface area (Å²) in [6.07, 6.45) is 8.59. The molecule has 1 saturated carbocycles. The first kappa shape index (κ1) is 19.0. The third kappa shape index (κ3) is 3.65. The molecule has 7 heteroatoms. The minimum absolute atomic E-state index is 0.103. The fourth-order valence-electron chi connectivity index (χ4n) is 4.61. The Bertz CT molecular complexity index is 881. The molecule has 1 N–H and O–H groups in total. The van der Waals surface area contributed by atoms with Gasteiger partial charge in [-0.05, 0) is 43.4 Å². The average molecular weight is 401 g/mol. The van der Waals surface area contributed by atoms with Crippen LogP contribution in [0.25, 0.3) is 0 Å². The highest BCUT2D eigenvalue weighted by molar-refractivity contribution is 6.31. The molecule has 1 aliphatic heterocycles. The average Bonchev–Trinajstić information content (AvgIpc) is 3.29. The number of nitrogens with one attached hydrogen (secondary N) is 1. The largest absolute Gasteiger partial charge is 0.347 e. The summed E-state index contributed by atoms with van der Waals surface area (Å²) in [5.74, 6) is 0.971.